The third kappa shape index (κ3) is 1.91. The fourth-order valence-corrected chi connectivity index (χ4v) is 4.22. The lowest BCUT2D eigenvalue weighted by Crippen LogP contribution is -2.24. The first kappa shape index (κ1) is 12.0. The molecule has 0 bridgehead atoms. The minimum Gasteiger partial charge on any atom is -0.390 e. The van der Waals surface area contributed by atoms with Crippen LogP contribution in [0, 0.1) is 6.92 Å². The van der Waals surface area contributed by atoms with Gasteiger partial charge in [0.15, 0.2) is 0 Å². The Morgan fingerprint density at radius 3 is 2.83 bits per heavy atom. The van der Waals surface area contributed by atoms with Gasteiger partial charge in [-0.15, -0.1) is 11.3 Å². The van der Waals surface area contributed by atoms with Crippen LogP contribution in [0.3, 0.4) is 0 Å². The molecule has 3 nitrogen and oxygen atoms in total. The van der Waals surface area contributed by atoms with Gasteiger partial charge in [-0.1, -0.05) is 0 Å². The maximum atomic E-state index is 13.4. The van der Waals surface area contributed by atoms with Crippen LogP contribution in [0.25, 0.3) is 10.6 Å². The van der Waals surface area contributed by atoms with Crippen molar-refractivity contribution in [3.63, 3.8) is 0 Å². The van der Waals surface area contributed by atoms with Crippen LogP contribution in [0.15, 0.2) is 0 Å². The van der Waals surface area contributed by atoms with Crippen LogP contribution in [0.2, 0.25) is 0 Å². The zero-order chi connectivity index (χ0) is 12.9. The molecule has 2 aromatic heterocycles. The Labute approximate surface area is 111 Å². The number of hydrogen-bond acceptors (Lipinski definition) is 5. The van der Waals surface area contributed by atoms with Crippen LogP contribution in [0.1, 0.15) is 22.7 Å². The van der Waals surface area contributed by atoms with Gasteiger partial charge >= 0.3 is 0 Å². The van der Waals surface area contributed by atoms with Crippen molar-refractivity contribution < 1.29 is 8.78 Å². The van der Waals surface area contributed by atoms with E-state index in [1.807, 2.05) is 6.92 Å². The molecule has 1 aliphatic rings. The summed E-state index contributed by atoms with van der Waals surface area (Å²) in [5.74, 6) is -1.91. The molecule has 96 valence electrons. The van der Waals surface area contributed by atoms with Crippen molar-refractivity contribution in [1.82, 2.24) is 9.36 Å². The molecule has 7 heteroatoms. The molecule has 3 rings (SSSR count). The zero-order valence-electron chi connectivity index (χ0n) is 9.67. The van der Waals surface area contributed by atoms with Crippen molar-refractivity contribution in [2.24, 2.45) is 0 Å². The highest BCUT2D eigenvalue weighted by Crippen LogP contribution is 2.46. The Bertz CT molecular complexity index is 603. The lowest BCUT2D eigenvalue weighted by atomic mass is 9.93. The largest absolute Gasteiger partial charge is 0.390 e. The van der Waals surface area contributed by atoms with Gasteiger partial charge in [-0.2, -0.15) is 4.37 Å². The van der Waals surface area contributed by atoms with Gasteiger partial charge in [-0.3, -0.25) is 0 Å². The van der Waals surface area contributed by atoms with E-state index in [0.717, 1.165) is 16.1 Å². The van der Waals surface area contributed by atoms with Crippen molar-refractivity contribution in [3.8, 4) is 10.6 Å². The van der Waals surface area contributed by atoms with E-state index in [2.05, 4.69) is 9.36 Å². The van der Waals surface area contributed by atoms with Crippen LogP contribution in [-0.2, 0) is 12.8 Å². The third-order valence-corrected chi connectivity index (χ3v) is 4.90. The van der Waals surface area contributed by atoms with Crippen molar-refractivity contribution in [2.45, 2.75) is 32.1 Å². The summed E-state index contributed by atoms with van der Waals surface area (Å²) in [6.45, 7) is 1.81. The van der Waals surface area contributed by atoms with Gasteiger partial charge in [0.25, 0.3) is 5.92 Å². The number of aryl methyl sites for hydroxylation is 1. The number of halogens is 2. The Kier molecular flexibility index (Phi) is 2.63. The second-order valence-corrected chi connectivity index (χ2v) is 6.31. The highest BCUT2D eigenvalue weighted by molar-refractivity contribution is 7.17. The summed E-state index contributed by atoms with van der Waals surface area (Å²) in [6, 6.07) is 0. The van der Waals surface area contributed by atoms with E-state index in [1.165, 1.54) is 22.9 Å². The number of alkyl halides is 2. The number of hydrogen-bond donors (Lipinski definition) is 1. The average molecular weight is 287 g/mol. The molecular formula is C11H11F2N3S2. The smallest absolute Gasteiger partial charge is 0.253 e. The molecule has 0 radical (unpaired) electrons. The van der Waals surface area contributed by atoms with Crippen molar-refractivity contribution >= 4 is 27.9 Å². The van der Waals surface area contributed by atoms with Crippen LogP contribution in [-0.4, -0.2) is 15.3 Å². The highest BCUT2D eigenvalue weighted by atomic mass is 32.1. The molecule has 0 saturated carbocycles. The molecule has 2 N–H and O–H groups in total. The number of anilines is 1. The van der Waals surface area contributed by atoms with E-state index >= 15 is 0 Å². The lowest BCUT2D eigenvalue weighted by molar-refractivity contribution is -0.0111. The van der Waals surface area contributed by atoms with E-state index in [1.54, 1.807) is 0 Å². The number of rotatable bonds is 1. The maximum Gasteiger partial charge on any atom is 0.253 e. The molecule has 1 aliphatic carbocycles. The molecule has 0 fully saturated rings. The molecule has 0 aliphatic heterocycles. The van der Waals surface area contributed by atoms with Crippen LogP contribution < -0.4 is 5.73 Å². The number of aromatic nitrogens is 2. The molecule has 2 aromatic rings. The standard InChI is InChI=1S/C11H11F2N3S2/c1-5-15-10(18-16-5)8-6-2-3-11(12,13)4-7(6)17-9(8)14/h2-4,14H2,1H3. The Morgan fingerprint density at radius 1 is 1.39 bits per heavy atom. The van der Waals surface area contributed by atoms with Crippen LogP contribution in [0.5, 0.6) is 0 Å². The average Bonchev–Trinajstić information content (AvgIpc) is 2.79. The number of thiophene rings is 1. The lowest BCUT2D eigenvalue weighted by Gasteiger charge is -2.21. The van der Waals surface area contributed by atoms with Gasteiger partial charge in [-0.05, 0) is 30.4 Å². The van der Waals surface area contributed by atoms with Gasteiger partial charge in [-0.25, -0.2) is 13.8 Å². The minimum absolute atomic E-state index is 0.110. The molecule has 18 heavy (non-hydrogen) atoms. The molecule has 0 saturated heterocycles. The van der Waals surface area contributed by atoms with E-state index in [9.17, 15) is 8.78 Å². The zero-order valence-corrected chi connectivity index (χ0v) is 11.3. The van der Waals surface area contributed by atoms with Gasteiger partial charge < -0.3 is 5.73 Å². The Hall–Kier alpha value is -1.08. The summed E-state index contributed by atoms with van der Waals surface area (Å²) < 4.78 is 30.9. The Balaban J connectivity index is 2.10. The summed E-state index contributed by atoms with van der Waals surface area (Å²) in [4.78, 5) is 5.01. The normalized spacial score (nSPS) is 17.7. The second-order valence-electron chi connectivity index (χ2n) is 4.42. The summed E-state index contributed by atoms with van der Waals surface area (Å²) in [6.07, 6.45) is 0.0555. The third-order valence-electron chi connectivity index (χ3n) is 3.02. The number of nitrogens with two attached hydrogens (primary N) is 1. The summed E-state index contributed by atoms with van der Waals surface area (Å²) >= 11 is 2.53. The molecule has 0 atom stereocenters. The minimum atomic E-state index is -2.60. The molecule has 0 aromatic carbocycles. The predicted octanol–water partition coefficient (Wildman–Crippen LogP) is 3.28. The van der Waals surface area contributed by atoms with E-state index < -0.39 is 5.92 Å². The van der Waals surface area contributed by atoms with Gasteiger partial charge in [0.05, 0.1) is 5.00 Å². The fraction of sp³-hybridized carbons (Fsp3) is 0.455. The van der Waals surface area contributed by atoms with Crippen molar-refractivity contribution in [1.29, 1.82) is 0 Å². The first-order valence-corrected chi connectivity index (χ1v) is 7.14. The highest BCUT2D eigenvalue weighted by Gasteiger charge is 2.37. The maximum absolute atomic E-state index is 13.4. The summed E-state index contributed by atoms with van der Waals surface area (Å²) in [5.41, 5.74) is 7.74. The fourth-order valence-electron chi connectivity index (χ4n) is 2.20. The van der Waals surface area contributed by atoms with E-state index in [4.69, 9.17) is 5.73 Å². The quantitative estimate of drug-likeness (QED) is 0.875. The van der Waals surface area contributed by atoms with Crippen LogP contribution in [0.4, 0.5) is 13.8 Å². The summed E-state index contributed by atoms with van der Waals surface area (Å²) in [5, 5.41) is 1.32. The number of nitrogen functional groups attached to an aromatic ring is 1. The van der Waals surface area contributed by atoms with Gasteiger partial charge in [0.1, 0.15) is 10.8 Å². The number of nitrogens with zero attached hydrogens (tertiary/aromatic N) is 2. The monoisotopic (exact) mass is 287 g/mol. The van der Waals surface area contributed by atoms with Crippen molar-refractivity contribution in [2.75, 3.05) is 5.73 Å². The molecular weight excluding hydrogens is 276 g/mol. The van der Waals surface area contributed by atoms with E-state index in [-0.39, 0.29) is 12.8 Å². The second kappa shape index (κ2) is 3.96. The predicted molar refractivity (Wildman–Crippen MR) is 69.3 cm³/mol. The van der Waals surface area contributed by atoms with E-state index in [0.29, 0.717) is 22.1 Å². The van der Waals surface area contributed by atoms with Crippen LogP contribution >= 0.6 is 22.9 Å². The van der Waals surface area contributed by atoms with Crippen molar-refractivity contribution in [3.05, 3.63) is 16.3 Å². The SMILES string of the molecule is Cc1nsc(-c2c(N)sc3c2CCC(F)(F)C3)n1. The molecule has 2 heterocycles. The number of fused-ring (bicyclic) bond motifs is 1. The Morgan fingerprint density at radius 2 is 2.17 bits per heavy atom. The first-order valence-electron chi connectivity index (χ1n) is 5.55. The summed E-state index contributed by atoms with van der Waals surface area (Å²) in [7, 11) is 0. The molecule has 0 unspecified atom stereocenters. The first-order chi connectivity index (χ1) is 8.46. The van der Waals surface area contributed by atoms with Gasteiger partial charge in [0, 0.05) is 23.3 Å². The molecule has 0 spiro atoms. The molecule has 0 amide bonds. The van der Waals surface area contributed by atoms with Gasteiger partial charge in [0.2, 0.25) is 0 Å². The topological polar surface area (TPSA) is 51.8 Å².